The molecule has 0 aliphatic heterocycles. The second-order valence-electron chi connectivity index (χ2n) is 6.14. The fourth-order valence-corrected chi connectivity index (χ4v) is 3.36. The summed E-state index contributed by atoms with van der Waals surface area (Å²) in [5.74, 6) is 1.23. The number of anilines is 1. The van der Waals surface area contributed by atoms with Crippen LogP contribution in [-0.4, -0.2) is 31.7 Å². The zero-order chi connectivity index (χ0) is 19.6. The molecule has 0 unspecified atom stereocenters. The van der Waals surface area contributed by atoms with Gasteiger partial charge >= 0.3 is 0 Å². The molecule has 0 aliphatic rings. The molecule has 140 valence electrons. The van der Waals surface area contributed by atoms with Crippen LogP contribution in [0.15, 0.2) is 46.2 Å². The van der Waals surface area contributed by atoms with E-state index >= 15 is 0 Å². The Balaban J connectivity index is 1.70. The molecule has 0 bridgehead atoms. The third-order valence-corrected chi connectivity index (χ3v) is 5.26. The van der Waals surface area contributed by atoms with Gasteiger partial charge in [-0.25, -0.2) is 0 Å². The summed E-state index contributed by atoms with van der Waals surface area (Å²) in [4.78, 5) is 24.0. The second kappa shape index (κ2) is 7.79. The van der Waals surface area contributed by atoms with E-state index in [2.05, 4.69) is 15.5 Å². The van der Waals surface area contributed by atoms with Gasteiger partial charge in [0.1, 0.15) is 5.76 Å². The summed E-state index contributed by atoms with van der Waals surface area (Å²) in [5.41, 5.74) is 2.02. The normalized spacial score (nSPS) is 12.0. The summed E-state index contributed by atoms with van der Waals surface area (Å²) < 4.78 is 7.16. The van der Waals surface area contributed by atoms with E-state index in [1.807, 2.05) is 24.6 Å². The molecule has 0 spiro atoms. The van der Waals surface area contributed by atoms with Crippen LogP contribution >= 0.6 is 11.8 Å². The molecule has 0 saturated heterocycles. The number of amides is 1. The number of furan rings is 1. The molecule has 1 N–H and O–H groups in total. The van der Waals surface area contributed by atoms with Gasteiger partial charge in [0.25, 0.3) is 0 Å². The van der Waals surface area contributed by atoms with Gasteiger partial charge in [-0.2, -0.15) is 0 Å². The number of hydrogen-bond donors (Lipinski definition) is 1. The number of rotatable bonds is 6. The first-order valence-electron chi connectivity index (χ1n) is 8.39. The van der Waals surface area contributed by atoms with Crippen molar-refractivity contribution >= 4 is 29.1 Å². The Labute approximate surface area is 161 Å². The fourth-order valence-electron chi connectivity index (χ4n) is 2.54. The number of aryl methyl sites for hydroxylation is 1. The highest BCUT2D eigenvalue weighted by Gasteiger charge is 2.20. The van der Waals surface area contributed by atoms with Gasteiger partial charge in [-0.1, -0.05) is 23.9 Å². The molecule has 0 saturated carbocycles. The molecular formula is C19H20N4O3S. The highest BCUT2D eigenvalue weighted by Crippen LogP contribution is 2.28. The monoisotopic (exact) mass is 384 g/mol. The molecule has 1 atom stereocenters. The average Bonchev–Trinajstić information content (AvgIpc) is 3.21. The largest absolute Gasteiger partial charge is 0.469 e. The molecule has 1 aromatic carbocycles. The summed E-state index contributed by atoms with van der Waals surface area (Å²) in [6, 6.07) is 8.72. The first kappa shape index (κ1) is 18.9. The Hall–Kier alpha value is -2.87. The number of nitrogens with zero attached hydrogens (tertiary/aromatic N) is 3. The van der Waals surface area contributed by atoms with E-state index in [4.69, 9.17) is 4.42 Å². The number of carbonyl (C=O) groups is 2. The fraction of sp³-hybridized carbons (Fsp3) is 0.263. The Bertz CT molecular complexity index is 993. The van der Waals surface area contributed by atoms with Crippen LogP contribution < -0.4 is 5.32 Å². The van der Waals surface area contributed by atoms with Crippen molar-refractivity contribution in [1.82, 2.24) is 14.8 Å². The van der Waals surface area contributed by atoms with E-state index in [0.717, 1.165) is 11.3 Å². The van der Waals surface area contributed by atoms with E-state index in [1.165, 1.54) is 18.7 Å². The van der Waals surface area contributed by atoms with E-state index in [0.29, 0.717) is 22.2 Å². The molecule has 27 heavy (non-hydrogen) atoms. The van der Waals surface area contributed by atoms with Crippen LogP contribution in [0.5, 0.6) is 0 Å². The molecule has 3 rings (SSSR count). The van der Waals surface area contributed by atoms with Crippen LogP contribution in [0.3, 0.4) is 0 Å². The highest BCUT2D eigenvalue weighted by molar-refractivity contribution is 8.00. The van der Waals surface area contributed by atoms with Crippen molar-refractivity contribution in [2.45, 2.75) is 31.2 Å². The van der Waals surface area contributed by atoms with Crippen molar-refractivity contribution in [3.63, 3.8) is 0 Å². The maximum Gasteiger partial charge on any atom is 0.237 e. The lowest BCUT2D eigenvalue weighted by atomic mass is 10.1. The maximum atomic E-state index is 12.5. The molecule has 7 nitrogen and oxygen atoms in total. The van der Waals surface area contributed by atoms with Gasteiger partial charge in [0.05, 0.1) is 17.1 Å². The zero-order valence-electron chi connectivity index (χ0n) is 15.5. The lowest BCUT2D eigenvalue weighted by molar-refractivity contribution is -0.115. The molecule has 1 amide bonds. The minimum atomic E-state index is -0.396. The quantitative estimate of drug-likeness (QED) is 0.515. The molecule has 2 heterocycles. The third kappa shape index (κ3) is 4.11. The van der Waals surface area contributed by atoms with Gasteiger partial charge in [-0.15, -0.1) is 10.2 Å². The number of Topliss-reactive ketones (excluding diaryl/α,β-unsaturated/α-hetero) is 1. The summed E-state index contributed by atoms with van der Waals surface area (Å²) in [6.07, 6.45) is 1.61. The molecule has 2 aromatic heterocycles. The first-order chi connectivity index (χ1) is 12.9. The van der Waals surface area contributed by atoms with Gasteiger partial charge < -0.3 is 14.3 Å². The molecule has 0 fully saturated rings. The number of carbonyl (C=O) groups excluding carboxylic acids is 2. The molecular weight excluding hydrogens is 364 g/mol. The van der Waals surface area contributed by atoms with Gasteiger partial charge in [-0.3, -0.25) is 9.59 Å². The standard InChI is InChI=1S/C19H20N4O3S/c1-11(24)14-6-5-7-15(10-14)20-18(25)13(3)27-19-22-21-17(23(19)4)16-8-9-26-12(16)2/h5-10,13H,1-4H3,(H,20,25)/t13-/m1/s1. The zero-order valence-corrected chi connectivity index (χ0v) is 16.3. The molecule has 0 aliphatic carbocycles. The Morgan fingerprint density at radius 3 is 2.70 bits per heavy atom. The second-order valence-corrected chi connectivity index (χ2v) is 7.45. The summed E-state index contributed by atoms with van der Waals surface area (Å²) >= 11 is 1.31. The number of thioether (sulfide) groups is 1. The van der Waals surface area contributed by atoms with Crippen LogP contribution in [0, 0.1) is 6.92 Å². The van der Waals surface area contributed by atoms with Crippen molar-refractivity contribution in [3.8, 4) is 11.4 Å². The van der Waals surface area contributed by atoms with Crippen LogP contribution in [0.4, 0.5) is 5.69 Å². The van der Waals surface area contributed by atoms with Gasteiger partial charge in [-0.05, 0) is 39.0 Å². The van der Waals surface area contributed by atoms with Crippen molar-refractivity contribution in [2.24, 2.45) is 7.05 Å². The summed E-state index contributed by atoms with van der Waals surface area (Å²) in [5, 5.41) is 11.5. The predicted octanol–water partition coefficient (Wildman–Crippen LogP) is 3.71. The minimum Gasteiger partial charge on any atom is -0.469 e. The molecule has 8 heteroatoms. The van der Waals surface area contributed by atoms with Crippen molar-refractivity contribution in [3.05, 3.63) is 47.9 Å². The number of aromatic nitrogens is 3. The van der Waals surface area contributed by atoms with E-state index in [1.54, 1.807) is 37.5 Å². The Morgan fingerprint density at radius 2 is 2.04 bits per heavy atom. The third-order valence-electron chi connectivity index (χ3n) is 4.12. The Kier molecular flexibility index (Phi) is 5.46. The average molecular weight is 384 g/mol. The topological polar surface area (TPSA) is 90.0 Å². The van der Waals surface area contributed by atoms with Crippen molar-refractivity contribution in [2.75, 3.05) is 5.32 Å². The van der Waals surface area contributed by atoms with E-state index in [-0.39, 0.29) is 11.7 Å². The van der Waals surface area contributed by atoms with Crippen molar-refractivity contribution in [1.29, 1.82) is 0 Å². The van der Waals surface area contributed by atoms with Crippen molar-refractivity contribution < 1.29 is 14.0 Å². The van der Waals surface area contributed by atoms with Crippen LogP contribution in [-0.2, 0) is 11.8 Å². The van der Waals surface area contributed by atoms with Crippen LogP contribution in [0.1, 0.15) is 30.0 Å². The lowest BCUT2D eigenvalue weighted by Gasteiger charge is -2.12. The maximum absolute atomic E-state index is 12.5. The molecule has 3 aromatic rings. The lowest BCUT2D eigenvalue weighted by Crippen LogP contribution is -2.23. The number of benzene rings is 1. The summed E-state index contributed by atoms with van der Waals surface area (Å²) in [6.45, 7) is 5.15. The number of ketones is 1. The highest BCUT2D eigenvalue weighted by atomic mass is 32.2. The molecule has 0 radical (unpaired) electrons. The summed E-state index contributed by atoms with van der Waals surface area (Å²) in [7, 11) is 1.85. The van der Waals surface area contributed by atoms with Gasteiger partial charge in [0.2, 0.25) is 5.91 Å². The Morgan fingerprint density at radius 1 is 1.26 bits per heavy atom. The van der Waals surface area contributed by atoms with Crippen LogP contribution in [0.25, 0.3) is 11.4 Å². The predicted molar refractivity (Wildman–Crippen MR) is 104 cm³/mol. The first-order valence-corrected chi connectivity index (χ1v) is 9.27. The van der Waals surface area contributed by atoms with E-state index < -0.39 is 5.25 Å². The smallest absolute Gasteiger partial charge is 0.237 e. The van der Waals surface area contributed by atoms with Crippen LogP contribution in [0.2, 0.25) is 0 Å². The van der Waals surface area contributed by atoms with Gasteiger partial charge in [0.15, 0.2) is 16.8 Å². The SMILES string of the molecule is CC(=O)c1cccc(NC(=O)[C@@H](C)Sc2nnc(-c3ccoc3C)n2C)c1. The number of nitrogens with one attached hydrogen (secondary N) is 1. The van der Waals surface area contributed by atoms with E-state index in [9.17, 15) is 9.59 Å². The number of hydrogen-bond acceptors (Lipinski definition) is 6. The minimum absolute atomic E-state index is 0.0466. The van der Waals surface area contributed by atoms with Gasteiger partial charge in [0, 0.05) is 18.3 Å².